The fraction of sp³-hybridized carbons (Fsp3) is 0.458. The Morgan fingerprint density at radius 3 is 2.50 bits per heavy atom. The summed E-state index contributed by atoms with van der Waals surface area (Å²) in [4.78, 5) is 35.8. The van der Waals surface area contributed by atoms with Gasteiger partial charge in [0, 0.05) is 25.1 Å². The Labute approximate surface area is 196 Å². The Morgan fingerprint density at radius 2 is 1.88 bits per heavy atom. The molecule has 188 valence electrons. The van der Waals surface area contributed by atoms with Gasteiger partial charge in [0.25, 0.3) is 0 Å². The van der Waals surface area contributed by atoms with E-state index in [1.54, 1.807) is 19.1 Å². The number of alkyl halides is 3. The number of carbonyl (C=O) groups excluding carboxylic acids is 2. The molecule has 0 aromatic carbocycles. The van der Waals surface area contributed by atoms with E-state index in [0.29, 0.717) is 32.1 Å². The number of allylic oxidation sites excluding steroid dienone is 5. The fourth-order valence-corrected chi connectivity index (χ4v) is 2.88. The summed E-state index contributed by atoms with van der Waals surface area (Å²) in [6.07, 6.45) is 2.87. The summed E-state index contributed by atoms with van der Waals surface area (Å²) in [7, 11) is 1.24. The molecule has 0 saturated heterocycles. The smallest absolute Gasteiger partial charge is 0.410 e. The molecule has 7 nitrogen and oxygen atoms in total. The minimum atomic E-state index is -4.17. The maximum atomic E-state index is 12.6. The molecule has 0 unspecified atom stereocenters. The molecule has 1 amide bonds. The van der Waals surface area contributed by atoms with Crippen molar-refractivity contribution in [2.24, 2.45) is 0 Å². The Balaban J connectivity index is 2.70. The quantitative estimate of drug-likeness (QED) is 0.169. The van der Waals surface area contributed by atoms with E-state index >= 15 is 0 Å². The van der Waals surface area contributed by atoms with Crippen molar-refractivity contribution < 1.29 is 37.0 Å². The zero-order valence-electron chi connectivity index (χ0n) is 19.5. The first kappa shape index (κ1) is 28.7. The lowest BCUT2D eigenvalue weighted by molar-refractivity contribution is -0.135. The molecule has 0 atom stereocenters. The fourth-order valence-electron chi connectivity index (χ4n) is 2.88. The molecule has 0 aliphatic rings. The SMILES string of the molecule is COC(=O)N/C=C/CCCc1cc(O)c(C(=O)/C(C)=C/C=C(\C)CCCCC(F)(F)F)c(=O)o1. The number of ether oxygens (including phenoxy) is 1. The van der Waals surface area contributed by atoms with Crippen molar-refractivity contribution in [2.45, 2.75) is 65.0 Å². The van der Waals surface area contributed by atoms with E-state index in [1.165, 1.54) is 32.4 Å². The van der Waals surface area contributed by atoms with Crippen LogP contribution in [-0.4, -0.2) is 30.3 Å². The summed E-state index contributed by atoms with van der Waals surface area (Å²) in [5.41, 5.74) is -0.468. The monoisotopic (exact) mass is 485 g/mol. The second-order valence-corrected chi connectivity index (χ2v) is 7.71. The van der Waals surface area contributed by atoms with Gasteiger partial charge in [-0.25, -0.2) is 9.59 Å². The van der Waals surface area contributed by atoms with Gasteiger partial charge in [0.05, 0.1) is 7.11 Å². The Bertz CT molecular complexity index is 989. The van der Waals surface area contributed by atoms with Crippen LogP contribution in [0.25, 0.3) is 0 Å². The van der Waals surface area contributed by atoms with Crippen molar-refractivity contribution in [3.8, 4) is 5.75 Å². The van der Waals surface area contributed by atoms with Crippen LogP contribution in [0.2, 0.25) is 0 Å². The van der Waals surface area contributed by atoms with Crippen molar-refractivity contribution in [3.05, 3.63) is 63.4 Å². The van der Waals surface area contributed by atoms with Crippen LogP contribution in [-0.2, 0) is 11.2 Å². The number of hydrogen-bond acceptors (Lipinski definition) is 6. The molecule has 0 aliphatic heterocycles. The molecule has 1 aromatic heterocycles. The average molecular weight is 485 g/mol. The molecule has 0 saturated carbocycles. The second kappa shape index (κ2) is 14.1. The third-order valence-electron chi connectivity index (χ3n) is 4.76. The number of halogens is 3. The van der Waals surface area contributed by atoms with Gasteiger partial charge in [-0.15, -0.1) is 0 Å². The number of aryl methyl sites for hydroxylation is 1. The third-order valence-corrected chi connectivity index (χ3v) is 4.76. The number of amides is 1. The molecule has 0 bridgehead atoms. The molecule has 1 heterocycles. The number of nitrogens with one attached hydrogen (secondary N) is 1. The first-order valence-corrected chi connectivity index (χ1v) is 10.8. The zero-order valence-corrected chi connectivity index (χ0v) is 19.5. The summed E-state index contributed by atoms with van der Waals surface area (Å²) in [6, 6.07) is 1.22. The van der Waals surface area contributed by atoms with E-state index < -0.39 is 41.4 Å². The van der Waals surface area contributed by atoms with Gasteiger partial charge in [-0.3, -0.25) is 10.1 Å². The molecule has 2 N–H and O–H groups in total. The topological polar surface area (TPSA) is 106 Å². The Hall–Kier alpha value is -3.30. The third kappa shape index (κ3) is 11.0. The lowest BCUT2D eigenvalue weighted by atomic mass is 10.0. The summed E-state index contributed by atoms with van der Waals surface area (Å²) >= 11 is 0. The summed E-state index contributed by atoms with van der Waals surface area (Å²) in [6.45, 7) is 3.21. The van der Waals surface area contributed by atoms with Gasteiger partial charge in [0.15, 0.2) is 5.78 Å². The number of Topliss-reactive ketones (excluding diaryl/α,β-unsaturated/α-hetero) is 1. The van der Waals surface area contributed by atoms with Gasteiger partial charge in [-0.05, 0) is 51.5 Å². The van der Waals surface area contributed by atoms with Crippen LogP contribution >= 0.6 is 0 Å². The highest BCUT2D eigenvalue weighted by Crippen LogP contribution is 2.24. The Morgan fingerprint density at radius 1 is 1.18 bits per heavy atom. The number of methoxy groups -OCH3 is 1. The van der Waals surface area contributed by atoms with Crippen LogP contribution < -0.4 is 10.9 Å². The number of ketones is 1. The van der Waals surface area contributed by atoms with Gasteiger partial charge in [0.1, 0.15) is 17.1 Å². The van der Waals surface area contributed by atoms with Crippen molar-refractivity contribution in [1.82, 2.24) is 5.32 Å². The number of rotatable bonds is 12. The molecule has 0 aliphatic carbocycles. The van der Waals surface area contributed by atoms with E-state index in [1.807, 2.05) is 0 Å². The van der Waals surface area contributed by atoms with Gasteiger partial charge in [0.2, 0.25) is 0 Å². The molecule has 0 spiro atoms. The molecule has 0 radical (unpaired) electrons. The highest BCUT2D eigenvalue weighted by molar-refractivity contribution is 6.09. The molecular formula is C24H30F3NO6. The van der Waals surface area contributed by atoms with Crippen LogP contribution in [0, 0.1) is 0 Å². The summed E-state index contributed by atoms with van der Waals surface area (Å²) in [5.74, 6) is -0.972. The molecule has 0 fully saturated rings. The van der Waals surface area contributed by atoms with Gasteiger partial charge in [-0.1, -0.05) is 23.8 Å². The first-order valence-electron chi connectivity index (χ1n) is 10.8. The normalized spacial score (nSPS) is 12.8. The van der Waals surface area contributed by atoms with E-state index in [2.05, 4.69) is 10.1 Å². The van der Waals surface area contributed by atoms with E-state index in [4.69, 9.17) is 4.42 Å². The second-order valence-electron chi connectivity index (χ2n) is 7.71. The van der Waals surface area contributed by atoms with Crippen molar-refractivity contribution in [3.63, 3.8) is 0 Å². The van der Waals surface area contributed by atoms with Crippen molar-refractivity contribution in [2.75, 3.05) is 7.11 Å². The van der Waals surface area contributed by atoms with E-state index in [0.717, 1.165) is 5.57 Å². The van der Waals surface area contributed by atoms with Gasteiger partial charge < -0.3 is 14.3 Å². The molecule has 1 rings (SSSR count). The number of unbranched alkanes of at least 4 members (excludes halogenated alkanes) is 2. The summed E-state index contributed by atoms with van der Waals surface area (Å²) in [5, 5.41) is 12.6. The number of alkyl carbamates (subject to hydrolysis) is 1. The average Bonchev–Trinajstić information content (AvgIpc) is 2.75. The van der Waals surface area contributed by atoms with Gasteiger partial charge >= 0.3 is 17.9 Å². The van der Waals surface area contributed by atoms with Crippen molar-refractivity contribution >= 4 is 11.9 Å². The number of hydrogen-bond donors (Lipinski definition) is 2. The van der Waals surface area contributed by atoms with E-state index in [9.17, 15) is 32.7 Å². The van der Waals surface area contributed by atoms with Crippen LogP contribution in [0.4, 0.5) is 18.0 Å². The highest BCUT2D eigenvalue weighted by atomic mass is 19.4. The standard InChI is InChI=1S/C24H30F3NO6/c1-16(9-6-7-13-24(25,26)27)11-12-17(2)21(30)20-19(29)15-18(34-22(20)31)10-5-4-8-14-28-23(32)33-3/h8,11-12,14-15,29H,4-7,9-10,13H2,1-3H3,(H,28,32)/b14-8+,16-11+,17-12+. The van der Waals surface area contributed by atoms with Crippen LogP contribution in [0.5, 0.6) is 5.75 Å². The largest absolute Gasteiger partial charge is 0.507 e. The predicted molar refractivity (Wildman–Crippen MR) is 121 cm³/mol. The maximum absolute atomic E-state index is 12.6. The molecule has 10 heteroatoms. The minimum absolute atomic E-state index is 0.0260. The molecule has 1 aromatic rings. The zero-order chi connectivity index (χ0) is 25.7. The van der Waals surface area contributed by atoms with E-state index in [-0.39, 0.29) is 17.8 Å². The number of carbonyl (C=O) groups is 2. The van der Waals surface area contributed by atoms with Crippen LogP contribution in [0.1, 0.15) is 68.5 Å². The lowest BCUT2D eigenvalue weighted by Gasteiger charge is -2.06. The predicted octanol–water partition coefficient (Wildman–Crippen LogP) is 5.74. The molecule has 34 heavy (non-hydrogen) atoms. The Kier molecular flexibility index (Phi) is 11.9. The lowest BCUT2D eigenvalue weighted by Crippen LogP contribution is -2.16. The van der Waals surface area contributed by atoms with Crippen LogP contribution in [0.3, 0.4) is 0 Å². The summed E-state index contributed by atoms with van der Waals surface area (Å²) < 4.78 is 46.1. The number of aromatic hydroxyl groups is 1. The van der Waals surface area contributed by atoms with Crippen molar-refractivity contribution in [1.29, 1.82) is 0 Å². The maximum Gasteiger partial charge on any atom is 0.410 e. The first-order chi connectivity index (χ1) is 15.9. The minimum Gasteiger partial charge on any atom is -0.507 e. The van der Waals surface area contributed by atoms with Crippen LogP contribution in [0.15, 0.2) is 50.9 Å². The highest BCUT2D eigenvalue weighted by Gasteiger charge is 2.25. The molecular weight excluding hydrogens is 455 g/mol. The van der Waals surface area contributed by atoms with Gasteiger partial charge in [-0.2, -0.15) is 13.2 Å².